The lowest BCUT2D eigenvalue weighted by Gasteiger charge is -2.08. The number of hydrogen-bond donors (Lipinski definition) is 1. The number of rotatable bonds is 3. The van der Waals surface area contributed by atoms with E-state index in [1.807, 2.05) is 0 Å². The van der Waals surface area contributed by atoms with Gasteiger partial charge in [-0.15, -0.1) is 0 Å². The summed E-state index contributed by atoms with van der Waals surface area (Å²) >= 11 is 1.42. The second kappa shape index (κ2) is 5.01. The van der Waals surface area contributed by atoms with Crippen molar-refractivity contribution in [2.24, 2.45) is 0 Å². The molecular formula is C13H11NO3S. The largest absolute Gasteiger partial charge is 0.465 e. The summed E-state index contributed by atoms with van der Waals surface area (Å²) in [4.78, 5) is 23.9. The highest BCUT2D eigenvalue weighted by atomic mass is 32.1. The molecule has 4 nitrogen and oxygen atoms in total. The van der Waals surface area contributed by atoms with Gasteiger partial charge in [0.1, 0.15) is 0 Å². The van der Waals surface area contributed by atoms with Crippen molar-refractivity contribution in [3.63, 3.8) is 0 Å². The van der Waals surface area contributed by atoms with Crippen LogP contribution in [0.15, 0.2) is 35.0 Å². The molecule has 2 N–H and O–H groups in total. The highest BCUT2D eigenvalue weighted by molar-refractivity contribution is 7.08. The number of thiophene rings is 1. The van der Waals surface area contributed by atoms with Gasteiger partial charge < -0.3 is 10.5 Å². The van der Waals surface area contributed by atoms with Crippen molar-refractivity contribution in [3.05, 3.63) is 51.7 Å². The van der Waals surface area contributed by atoms with E-state index in [-0.39, 0.29) is 22.6 Å². The molecule has 0 aliphatic rings. The van der Waals surface area contributed by atoms with Crippen LogP contribution >= 0.6 is 11.3 Å². The fourth-order valence-electron chi connectivity index (χ4n) is 1.64. The molecule has 0 radical (unpaired) electrons. The molecule has 2 rings (SSSR count). The van der Waals surface area contributed by atoms with Gasteiger partial charge in [0.25, 0.3) is 0 Å². The van der Waals surface area contributed by atoms with E-state index in [9.17, 15) is 9.59 Å². The lowest BCUT2D eigenvalue weighted by atomic mass is 9.99. The predicted octanol–water partition coefficient (Wildman–Crippen LogP) is 2.35. The number of carbonyl (C=O) groups is 2. The van der Waals surface area contributed by atoms with E-state index in [4.69, 9.17) is 5.73 Å². The molecule has 0 spiro atoms. The molecule has 92 valence electrons. The second-order valence-corrected chi connectivity index (χ2v) is 4.38. The van der Waals surface area contributed by atoms with Crippen LogP contribution in [0.1, 0.15) is 26.3 Å². The van der Waals surface area contributed by atoms with Crippen LogP contribution in [0.25, 0.3) is 0 Å². The second-order valence-electron chi connectivity index (χ2n) is 3.60. The Hall–Kier alpha value is -2.14. The van der Waals surface area contributed by atoms with E-state index in [0.29, 0.717) is 5.56 Å². The summed E-state index contributed by atoms with van der Waals surface area (Å²) < 4.78 is 4.66. The molecule has 0 atom stereocenters. The number of esters is 1. The summed E-state index contributed by atoms with van der Waals surface area (Å²) in [5.41, 5.74) is 6.90. The van der Waals surface area contributed by atoms with Gasteiger partial charge in [-0.25, -0.2) is 4.79 Å². The Morgan fingerprint density at radius 1 is 1.28 bits per heavy atom. The smallest absolute Gasteiger partial charge is 0.340 e. The number of benzene rings is 1. The minimum absolute atomic E-state index is 0.121. The van der Waals surface area contributed by atoms with Gasteiger partial charge in [0.15, 0.2) is 5.78 Å². The summed E-state index contributed by atoms with van der Waals surface area (Å²) in [6.07, 6.45) is 0. The fraction of sp³-hybridized carbons (Fsp3) is 0.0769. The van der Waals surface area contributed by atoms with Gasteiger partial charge in [0, 0.05) is 22.2 Å². The number of ether oxygens (including phenoxy) is 1. The van der Waals surface area contributed by atoms with Crippen LogP contribution in [0.4, 0.5) is 5.69 Å². The quantitative estimate of drug-likeness (QED) is 0.523. The zero-order valence-corrected chi connectivity index (χ0v) is 10.5. The van der Waals surface area contributed by atoms with E-state index in [1.54, 1.807) is 35.0 Å². The van der Waals surface area contributed by atoms with Crippen LogP contribution in [0, 0.1) is 0 Å². The van der Waals surface area contributed by atoms with E-state index in [1.165, 1.54) is 18.4 Å². The highest BCUT2D eigenvalue weighted by Crippen LogP contribution is 2.22. The van der Waals surface area contributed by atoms with Gasteiger partial charge >= 0.3 is 5.97 Å². The van der Waals surface area contributed by atoms with Crippen molar-refractivity contribution >= 4 is 28.8 Å². The number of nitrogens with two attached hydrogens (primary N) is 1. The molecule has 0 unspecified atom stereocenters. The highest BCUT2D eigenvalue weighted by Gasteiger charge is 2.21. The van der Waals surface area contributed by atoms with Crippen LogP contribution in [0.5, 0.6) is 0 Å². The van der Waals surface area contributed by atoms with Gasteiger partial charge in [0.2, 0.25) is 0 Å². The molecule has 1 aromatic heterocycles. The van der Waals surface area contributed by atoms with Crippen LogP contribution in [0.2, 0.25) is 0 Å². The average Bonchev–Trinajstić information content (AvgIpc) is 2.90. The molecule has 1 heterocycles. The molecule has 5 heteroatoms. The molecule has 1 aromatic carbocycles. The number of hydrogen-bond acceptors (Lipinski definition) is 5. The first-order valence-corrected chi connectivity index (χ1v) is 6.13. The molecule has 0 saturated carbocycles. The third-order valence-corrected chi connectivity index (χ3v) is 3.20. The summed E-state index contributed by atoms with van der Waals surface area (Å²) in [7, 11) is 1.26. The zero-order chi connectivity index (χ0) is 13.1. The minimum atomic E-state index is -0.605. The first kappa shape index (κ1) is 12.3. The van der Waals surface area contributed by atoms with Crippen molar-refractivity contribution < 1.29 is 14.3 Å². The zero-order valence-electron chi connectivity index (χ0n) is 9.67. The lowest BCUT2D eigenvalue weighted by Crippen LogP contribution is -2.13. The third-order valence-electron chi connectivity index (χ3n) is 2.51. The maximum absolute atomic E-state index is 12.2. The van der Waals surface area contributed by atoms with Crippen molar-refractivity contribution in [2.45, 2.75) is 0 Å². The molecule has 0 aliphatic carbocycles. The summed E-state index contributed by atoms with van der Waals surface area (Å²) in [5.74, 6) is -0.837. The molecule has 18 heavy (non-hydrogen) atoms. The molecule has 2 aromatic rings. The molecule has 0 saturated heterocycles. The Morgan fingerprint density at radius 2 is 2.06 bits per heavy atom. The Balaban J connectivity index is 2.54. The lowest BCUT2D eigenvalue weighted by molar-refractivity contribution is 0.0599. The topological polar surface area (TPSA) is 69.4 Å². The Labute approximate surface area is 108 Å². The van der Waals surface area contributed by atoms with E-state index >= 15 is 0 Å². The number of ketones is 1. The molecule has 0 bridgehead atoms. The first-order valence-electron chi connectivity index (χ1n) is 5.19. The van der Waals surface area contributed by atoms with Gasteiger partial charge in [-0.1, -0.05) is 12.1 Å². The van der Waals surface area contributed by atoms with Gasteiger partial charge in [0.05, 0.1) is 12.7 Å². The van der Waals surface area contributed by atoms with Crippen molar-refractivity contribution in [3.8, 4) is 0 Å². The van der Waals surface area contributed by atoms with Crippen LogP contribution in [0.3, 0.4) is 0 Å². The number of methoxy groups -OCH3 is 1. The third kappa shape index (κ3) is 2.12. The van der Waals surface area contributed by atoms with Crippen LogP contribution in [-0.4, -0.2) is 18.9 Å². The maximum Gasteiger partial charge on any atom is 0.340 e. The van der Waals surface area contributed by atoms with Crippen LogP contribution < -0.4 is 5.73 Å². The van der Waals surface area contributed by atoms with Gasteiger partial charge in [-0.05, 0) is 17.5 Å². The fourth-order valence-corrected chi connectivity index (χ4v) is 2.27. The molecule has 0 aliphatic heterocycles. The Bertz CT molecular complexity index is 590. The summed E-state index contributed by atoms with van der Waals surface area (Å²) in [6, 6.07) is 6.48. The number of carbonyl (C=O) groups excluding carboxylic acids is 2. The predicted molar refractivity (Wildman–Crippen MR) is 69.9 cm³/mol. The van der Waals surface area contributed by atoms with E-state index in [2.05, 4.69) is 4.74 Å². The van der Waals surface area contributed by atoms with Crippen LogP contribution in [-0.2, 0) is 4.74 Å². The van der Waals surface area contributed by atoms with E-state index in [0.717, 1.165) is 0 Å². The SMILES string of the molecule is COC(=O)c1c(N)cccc1C(=O)c1ccsc1. The van der Waals surface area contributed by atoms with Crippen molar-refractivity contribution in [1.82, 2.24) is 0 Å². The normalized spacial score (nSPS) is 10.1. The molecular weight excluding hydrogens is 250 g/mol. The minimum Gasteiger partial charge on any atom is -0.465 e. The van der Waals surface area contributed by atoms with Gasteiger partial charge in [-0.2, -0.15) is 11.3 Å². The Morgan fingerprint density at radius 3 is 2.67 bits per heavy atom. The first-order chi connectivity index (χ1) is 8.65. The standard InChI is InChI=1S/C13H11NO3S/c1-17-13(16)11-9(3-2-4-10(11)14)12(15)8-5-6-18-7-8/h2-7H,14H2,1H3. The molecule has 0 amide bonds. The van der Waals surface area contributed by atoms with Gasteiger partial charge in [-0.3, -0.25) is 4.79 Å². The average molecular weight is 261 g/mol. The number of nitrogen functional groups attached to an aromatic ring is 1. The Kier molecular flexibility index (Phi) is 3.43. The molecule has 0 fully saturated rings. The summed E-state index contributed by atoms with van der Waals surface area (Å²) in [5, 5.41) is 3.53. The van der Waals surface area contributed by atoms with Crippen molar-refractivity contribution in [1.29, 1.82) is 0 Å². The summed E-state index contributed by atoms with van der Waals surface area (Å²) in [6.45, 7) is 0. The number of anilines is 1. The van der Waals surface area contributed by atoms with E-state index < -0.39 is 5.97 Å². The maximum atomic E-state index is 12.2. The van der Waals surface area contributed by atoms with Crippen molar-refractivity contribution in [2.75, 3.05) is 12.8 Å². The monoisotopic (exact) mass is 261 g/mol.